The lowest BCUT2D eigenvalue weighted by molar-refractivity contribution is -0.140. The van der Waals surface area contributed by atoms with Gasteiger partial charge in [-0.3, -0.25) is 9.59 Å². The Morgan fingerprint density at radius 3 is 2.56 bits per heavy atom. The van der Waals surface area contributed by atoms with Crippen molar-refractivity contribution < 1.29 is 14.3 Å². The van der Waals surface area contributed by atoms with E-state index in [1.807, 2.05) is 19.1 Å². The summed E-state index contributed by atoms with van der Waals surface area (Å²) in [5.74, 6) is -0.298. The van der Waals surface area contributed by atoms with Gasteiger partial charge in [-0.2, -0.15) is 0 Å². The fourth-order valence-electron chi connectivity index (χ4n) is 1.57. The van der Waals surface area contributed by atoms with Crippen LogP contribution in [0.15, 0.2) is 12.1 Å². The molecule has 0 fully saturated rings. The van der Waals surface area contributed by atoms with Crippen LogP contribution in [0.2, 0.25) is 0 Å². The van der Waals surface area contributed by atoms with Gasteiger partial charge in [-0.1, -0.05) is 6.92 Å². The second-order valence-electron chi connectivity index (χ2n) is 3.83. The van der Waals surface area contributed by atoms with E-state index in [2.05, 4.69) is 11.7 Å². The fraction of sp³-hybridized carbons (Fsp3) is 0.538. The number of ether oxygens (including phenoxy) is 1. The maximum absolute atomic E-state index is 12.2. The molecule has 0 aliphatic rings. The number of amides is 1. The number of carbonyl (C=O) groups excluding carboxylic acids is 2. The highest BCUT2D eigenvalue weighted by molar-refractivity contribution is 7.14. The van der Waals surface area contributed by atoms with Crippen molar-refractivity contribution in [1.29, 1.82) is 0 Å². The van der Waals surface area contributed by atoms with Crippen LogP contribution in [0.5, 0.6) is 0 Å². The molecule has 1 amide bonds. The molecule has 5 heteroatoms. The highest BCUT2D eigenvalue weighted by atomic mass is 32.1. The van der Waals surface area contributed by atoms with Crippen molar-refractivity contribution >= 4 is 23.2 Å². The van der Waals surface area contributed by atoms with Gasteiger partial charge >= 0.3 is 5.97 Å². The van der Waals surface area contributed by atoms with Gasteiger partial charge in [0, 0.05) is 18.0 Å². The van der Waals surface area contributed by atoms with Crippen LogP contribution in [0.1, 0.15) is 34.8 Å². The number of aryl methyl sites for hydroxylation is 1. The monoisotopic (exact) mass is 269 g/mol. The summed E-state index contributed by atoms with van der Waals surface area (Å²) in [5, 5.41) is 0. The van der Waals surface area contributed by atoms with Crippen molar-refractivity contribution in [3.8, 4) is 0 Å². The zero-order chi connectivity index (χ0) is 13.5. The summed E-state index contributed by atoms with van der Waals surface area (Å²) >= 11 is 1.52. The molecular weight excluding hydrogens is 250 g/mol. The molecule has 0 N–H and O–H groups in total. The minimum absolute atomic E-state index is 0.00824. The second kappa shape index (κ2) is 7.16. The first-order chi connectivity index (χ1) is 8.62. The first-order valence-electron chi connectivity index (χ1n) is 6.07. The van der Waals surface area contributed by atoms with Gasteiger partial charge in [-0.25, -0.2) is 0 Å². The molecule has 0 aromatic carbocycles. The predicted molar refractivity (Wildman–Crippen MR) is 71.9 cm³/mol. The Bertz CT molecular complexity index is 414. The van der Waals surface area contributed by atoms with Crippen molar-refractivity contribution in [2.45, 2.75) is 26.7 Å². The third-order valence-electron chi connectivity index (χ3n) is 2.70. The molecule has 18 heavy (non-hydrogen) atoms. The van der Waals surface area contributed by atoms with Gasteiger partial charge in [0.05, 0.1) is 18.4 Å². The SMILES string of the molecule is CCc1ccc(C(=O)N(CC)CCC(=O)OC)s1. The quantitative estimate of drug-likeness (QED) is 0.745. The number of thiophene rings is 1. The standard InChI is InChI=1S/C13H19NO3S/c1-4-10-6-7-11(18-10)13(16)14(5-2)9-8-12(15)17-3/h6-7H,4-5,8-9H2,1-3H3. The van der Waals surface area contributed by atoms with Crippen LogP contribution < -0.4 is 0 Å². The van der Waals surface area contributed by atoms with Crippen LogP contribution in [0.3, 0.4) is 0 Å². The molecule has 1 aromatic rings. The molecule has 0 radical (unpaired) electrons. The molecule has 0 saturated heterocycles. The number of methoxy groups -OCH3 is 1. The number of carbonyl (C=O) groups is 2. The Morgan fingerprint density at radius 1 is 1.33 bits per heavy atom. The first-order valence-corrected chi connectivity index (χ1v) is 6.88. The van der Waals surface area contributed by atoms with Crippen LogP contribution in [-0.4, -0.2) is 37.0 Å². The molecule has 0 bridgehead atoms. The number of esters is 1. The van der Waals surface area contributed by atoms with Gasteiger partial charge in [0.1, 0.15) is 0 Å². The van der Waals surface area contributed by atoms with Crippen LogP contribution in [0.4, 0.5) is 0 Å². The van der Waals surface area contributed by atoms with Gasteiger partial charge in [-0.05, 0) is 25.5 Å². The molecule has 0 saturated carbocycles. The Balaban J connectivity index is 2.64. The molecule has 4 nitrogen and oxygen atoms in total. The van der Waals surface area contributed by atoms with Gasteiger partial charge in [0.2, 0.25) is 0 Å². The lowest BCUT2D eigenvalue weighted by Crippen LogP contribution is -2.32. The largest absolute Gasteiger partial charge is 0.469 e. The van der Waals surface area contributed by atoms with E-state index in [4.69, 9.17) is 0 Å². The van der Waals surface area contributed by atoms with Crippen molar-refractivity contribution in [3.05, 3.63) is 21.9 Å². The fourth-order valence-corrected chi connectivity index (χ4v) is 2.49. The smallest absolute Gasteiger partial charge is 0.307 e. The highest BCUT2D eigenvalue weighted by Gasteiger charge is 2.17. The summed E-state index contributed by atoms with van der Waals surface area (Å²) in [4.78, 5) is 26.9. The number of hydrogen-bond acceptors (Lipinski definition) is 4. The first kappa shape index (κ1) is 14.7. The zero-order valence-electron chi connectivity index (χ0n) is 11.1. The molecule has 0 unspecified atom stereocenters. The van der Waals surface area contributed by atoms with Gasteiger partial charge in [0.15, 0.2) is 0 Å². The van der Waals surface area contributed by atoms with E-state index in [-0.39, 0.29) is 18.3 Å². The maximum atomic E-state index is 12.2. The number of nitrogens with zero attached hydrogens (tertiary/aromatic N) is 1. The van der Waals surface area contributed by atoms with Crippen molar-refractivity contribution in [3.63, 3.8) is 0 Å². The van der Waals surface area contributed by atoms with E-state index in [0.717, 1.165) is 11.3 Å². The van der Waals surface area contributed by atoms with Crippen molar-refractivity contribution in [2.24, 2.45) is 0 Å². The summed E-state index contributed by atoms with van der Waals surface area (Å²) in [5.41, 5.74) is 0. The molecule has 1 aromatic heterocycles. The molecule has 0 aliphatic heterocycles. The second-order valence-corrected chi connectivity index (χ2v) is 5.00. The van der Waals surface area contributed by atoms with E-state index in [1.54, 1.807) is 4.90 Å². The minimum atomic E-state index is -0.290. The van der Waals surface area contributed by atoms with E-state index in [9.17, 15) is 9.59 Å². The summed E-state index contributed by atoms with van der Waals surface area (Å²) in [7, 11) is 1.35. The zero-order valence-corrected chi connectivity index (χ0v) is 11.9. The summed E-state index contributed by atoms with van der Waals surface area (Å²) in [6.45, 7) is 4.97. The maximum Gasteiger partial charge on any atom is 0.307 e. The van der Waals surface area contributed by atoms with E-state index < -0.39 is 0 Å². The number of hydrogen-bond donors (Lipinski definition) is 0. The molecule has 0 atom stereocenters. The van der Waals surface area contributed by atoms with E-state index in [1.165, 1.54) is 23.3 Å². The van der Waals surface area contributed by atoms with E-state index in [0.29, 0.717) is 13.1 Å². The minimum Gasteiger partial charge on any atom is -0.469 e. The third kappa shape index (κ3) is 3.84. The van der Waals surface area contributed by atoms with Crippen molar-refractivity contribution in [2.75, 3.05) is 20.2 Å². The summed E-state index contributed by atoms with van der Waals surface area (Å²) in [6, 6.07) is 3.83. The summed E-state index contributed by atoms with van der Waals surface area (Å²) < 4.78 is 4.58. The third-order valence-corrected chi connectivity index (χ3v) is 3.92. The predicted octanol–water partition coefficient (Wildman–Crippen LogP) is 2.34. The molecular formula is C13H19NO3S. The Morgan fingerprint density at radius 2 is 2.06 bits per heavy atom. The van der Waals surface area contributed by atoms with Gasteiger partial charge < -0.3 is 9.64 Å². The molecule has 1 heterocycles. The lowest BCUT2D eigenvalue weighted by atomic mass is 10.3. The Kier molecular flexibility index (Phi) is 5.85. The Hall–Kier alpha value is -1.36. The molecule has 0 spiro atoms. The van der Waals surface area contributed by atoms with Crippen LogP contribution in [0, 0.1) is 0 Å². The van der Waals surface area contributed by atoms with E-state index >= 15 is 0 Å². The van der Waals surface area contributed by atoms with Crippen molar-refractivity contribution in [1.82, 2.24) is 4.90 Å². The molecule has 0 aliphatic carbocycles. The topological polar surface area (TPSA) is 46.6 Å². The average molecular weight is 269 g/mol. The number of rotatable bonds is 6. The van der Waals surface area contributed by atoms with Gasteiger partial charge in [-0.15, -0.1) is 11.3 Å². The molecule has 1 rings (SSSR count). The van der Waals surface area contributed by atoms with Crippen LogP contribution in [0.25, 0.3) is 0 Å². The van der Waals surface area contributed by atoms with Crippen LogP contribution in [-0.2, 0) is 16.0 Å². The lowest BCUT2D eigenvalue weighted by Gasteiger charge is -2.19. The Labute approximate surface area is 112 Å². The summed E-state index contributed by atoms with van der Waals surface area (Å²) in [6.07, 6.45) is 1.17. The van der Waals surface area contributed by atoms with Crippen LogP contribution >= 0.6 is 11.3 Å². The van der Waals surface area contributed by atoms with Gasteiger partial charge in [0.25, 0.3) is 5.91 Å². The normalized spacial score (nSPS) is 10.2. The molecule has 100 valence electrons. The average Bonchev–Trinajstić information content (AvgIpc) is 2.87. The highest BCUT2D eigenvalue weighted by Crippen LogP contribution is 2.18.